The number of benzene rings is 2. The molecule has 1 aliphatic rings. The lowest BCUT2D eigenvalue weighted by molar-refractivity contribution is -0.132. The molecule has 39 heavy (non-hydrogen) atoms. The number of nitrogens with zero attached hydrogens (tertiary/aromatic N) is 2. The molecule has 1 saturated heterocycles. The van der Waals surface area contributed by atoms with E-state index >= 15 is 0 Å². The summed E-state index contributed by atoms with van der Waals surface area (Å²) in [7, 11) is 1.26. The first kappa shape index (κ1) is 27.8. The summed E-state index contributed by atoms with van der Waals surface area (Å²) in [6, 6.07) is 11.7. The number of hydrogen-bond donors (Lipinski definition) is 1. The summed E-state index contributed by atoms with van der Waals surface area (Å²) in [5.41, 5.74) is 3.08. The Morgan fingerprint density at radius 1 is 1.18 bits per heavy atom. The zero-order chi connectivity index (χ0) is 28.4. The van der Waals surface area contributed by atoms with E-state index in [9.17, 15) is 19.5 Å². The van der Waals surface area contributed by atoms with Gasteiger partial charge in [0, 0.05) is 5.56 Å². The number of aliphatic hydroxyl groups excluding tert-OH is 1. The van der Waals surface area contributed by atoms with Gasteiger partial charge in [-0.25, -0.2) is 9.78 Å². The molecule has 2 aromatic carbocycles. The van der Waals surface area contributed by atoms with E-state index in [2.05, 4.69) is 25.4 Å². The number of carbonyl (C=O) groups excluding carboxylic acids is 3. The van der Waals surface area contributed by atoms with Crippen molar-refractivity contribution in [2.24, 2.45) is 0 Å². The lowest BCUT2D eigenvalue weighted by atomic mass is 9.92. The second-order valence-electron chi connectivity index (χ2n) is 9.47. The van der Waals surface area contributed by atoms with Crippen LogP contribution in [0.3, 0.4) is 0 Å². The van der Waals surface area contributed by atoms with Gasteiger partial charge in [-0.05, 0) is 54.7 Å². The Balaban J connectivity index is 1.90. The Morgan fingerprint density at radius 3 is 2.46 bits per heavy atom. The van der Waals surface area contributed by atoms with Crippen LogP contribution in [0, 0.1) is 13.8 Å². The molecule has 1 N–H and O–H groups in total. The van der Waals surface area contributed by atoms with Gasteiger partial charge in [0.2, 0.25) is 0 Å². The SMILES string of the molecule is C=CCOc1ccc(/C(O)=C2\C(=O)C(=O)N(c3nc(C)c(C(=O)OC)s3)C2c2ccc(C(C)C)cc2)c(C)c1. The molecule has 1 unspecified atom stereocenters. The first-order chi connectivity index (χ1) is 18.6. The maximum atomic E-state index is 13.5. The average molecular weight is 547 g/mol. The van der Waals surface area contributed by atoms with Gasteiger partial charge in [-0.1, -0.05) is 62.1 Å². The van der Waals surface area contributed by atoms with Gasteiger partial charge in [0.25, 0.3) is 5.78 Å². The molecule has 4 rings (SSSR count). The molecule has 8 nitrogen and oxygen atoms in total. The van der Waals surface area contributed by atoms with Gasteiger partial charge in [-0.15, -0.1) is 0 Å². The Morgan fingerprint density at radius 2 is 1.87 bits per heavy atom. The number of aromatic nitrogens is 1. The Kier molecular flexibility index (Phi) is 8.01. The number of hydrogen-bond acceptors (Lipinski definition) is 8. The normalized spacial score (nSPS) is 16.6. The number of aryl methyl sites for hydroxylation is 2. The molecule has 9 heteroatoms. The van der Waals surface area contributed by atoms with Gasteiger partial charge < -0.3 is 14.6 Å². The molecular weight excluding hydrogens is 516 g/mol. The fourth-order valence-corrected chi connectivity index (χ4v) is 5.48. The number of carbonyl (C=O) groups is 3. The maximum absolute atomic E-state index is 13.5. The third kappa shape index (κ3) is 5.22. The number of anilines is 1. The molecule has 0 bridgehead atoms. The number of ether oxygens (including phenoxy) is 2. The minimum absolute atomic E-state index is 0.0624. The number of aliphatic hydroxyl groups is 1. The van der Waals surface area contributed by atoms with Crippen molar-refractivity contribution in [3.63, 3.8) is 0 Å². The van der Waals surface area contributed by atoms with Crippen LogP contribution in [0.2, 0.25) is 0 Å². The number of thiazole rings is 1. The first-order valence-electron chi connectivity index (χ1n) is 12.4. The van der Waals surface area contributed by atoms with Gasteiger partial charge in [-0.2, -0.15) is 0 Å². The van der Waals surface area contributed by atoms with Crippen molar-refractivity contribution in [1.29, 1.82) is 0 Å². The zero-order valence-corrected chi connectivity index (χ0v) is 23.3. The summed E-state index contributed by atoms with van der Waals surface area (Å²) >= 11 is 0.962. The summed E-state index contributed by atoms with van der Waals surface area (Å²) in [6.45, 7) is 11.5. The van der Waals surface area contributed by atoms with E-state index < -0.39 is 23.7 Å². The van der Waals surface area contributed by atoms with Crippen molar-refractivity contribution in [3.05, 3.63) is 93.5 Å². The fourth-order valence-electron chi connectivity index (χ4n) is 4.47. The Bertz CT molecular complexity index is 1490. The largest absolute Gasteiger partial charge is 0.507 e. The van der Waals surface area contributed by atoms with E-state index in [0.717, 1.165) is 16.9 Å². The molecule has 1 atom stereocenters. The van der Waals surface area contributed by atoms with Gasteiger partial charge in [0.15, 0.2) is 5.13 Å². The van der Waals surface area contributed by atoms with Crippen LogP contribution in [-0.4, -0.2) is 41.5 Å². The first-order valence-corrected chi connectivity index (χ1v) is 13.2. The smallest absolute Gasteiger partial charge is 0.350 e. The Labute approximate surface area is 231 Å². The molecule has 202 valence electrons. The maximum Gasteiger partial charge on any atom is 0.350 e. The van der Waals surface area contributed by atoms with Gasteiger partial charge in [0.05, 0.1) is 24.4 Å². The van der Waals surface area contributed by atoms with Gasteiger partial charge in [-0.3, -0.25) is 14.5 Å². The van der Waals surface area contributed by atoms with Gasteiger partial charge in [0.1, 0.15) is 23.0 Å². The minimum Gasteiger partial charge on any atom is -0.507 e. The van der Waals surface area contributed by atoms with Crippen LogP contribution >= 0.6 is 11.3 Å². The molecule has 0 radical (unpaired) electrons. The van der Waals surface area contributed by atoms with E-state index in [0.29, 0.717) is 34.7 Å². The molecule has 0 aliphatic carbocycles. The fraction of sp³-hybridized carbons (Fsp3) is 0.267. The van der Waals surface area contributed by atoms with Gasteiger partial charge >= 0.3 is 11.9 Å². The Hall–Kier alpha value is -4.24. The second kappa shape index (κ2) is 11.2. The van der Waals surface area contributed by atoms with Crippen molar-refractivity contribution in [3.8, 4) is 5.75 Å². The predicted molar refractivity (Wildman–Crippen MR) is 150 cm³/mol. The highest BCUT2D eigenvalue weighted by Crippen LogP contribution is 2.44. The monoisotopic (exact) mass is 546 g/mol. The highest BCUT2D eigenvalue weighted by Gasteiger charge is 2.48. The third-order valence-corrected chi connectivity index (χ3v) is 7.68. The predicted octanol–water partition coefficient (Wildman–Crippen LogP) is 5.86. The number of ketones is 1. The summed E-state index contributed by atoms with van der Waals surface area (Å²) < 4.78 is 10.4. The summed E-state index contributed by atoms with van der Waals surface area (Å²) in [4.78, 5) is 45.2. The van der Waals surface area contributed by atoms with Crippen LogP contribution < -0.4 is 9.64 Å². The van der Waals surface area contributed by atoms with Crippen LogP contribution in [-0.2, 0) is 14.3 Å². The second-order valence-corrected chi connectivity index (χ2v) is 10.4. The molecule has 0 spiro atoms. The van der Waals surface area contributed by atoms with Crippen molar-refractivity contribution in [2.75, 3.05) is 18.6 Å². The zero-order valence-electron chi connectivity index (χ0n) is 22.5. The van der Waals surface area contributed by atoms with E-state index in [4.69, 9.17) is 9.47 Å². The van der Waals surface area contributed by atoms with Crippen LogP contribution in [0.25, 0.3) is 5.76 Å². The summed E-state index contributed by atoms with van der Waals surface area (Å²) in [5.74, 6) is -1.71. The lowest BCUT2D eigenvalue weighted by Gasteiger charge is -2.23. The van der Waals surface area contributed by atoms with Crippen molar-refractivity contribution in [2.45, 2.75) is 39.7 Å². The number of amides is 1. The molecule has 1 fully saturated rings. The molecule has 2 heterocycles. The van der Waals surface area contributed by atoms with Crippen LogP contribution in [0.5, 0.6) is 5.75 Å². The summed E-state index contributed by atoms with van der Waals surface area (Å²) in [6.07, 6.45) is 1.63. The molecule has 0 saturated carbocycles. The van der Waals surface area contributed by atoms with Crippen LogP contribution in [0.4, 0.5) is 5.13 Å². The third-order valence-electron chi connectivity index (χ3n) is 6.55. The molecular formula is C30H30N2O6S. The highest BCUT2D eigenvalue weighted by atomic mass is 32.1. The minimum atomic E-state index is -0.960. The molecule has 1 aromatic heterocycles. The number of methoxy groups -OCH3 is 1. The van der Waals surface area contributed by atoms with Crippen molar-refractivity contribution in [1.82, 2.24) is 4.98 Å². The summed E-state index contributed by atoms with van der Waals surface area (Å²) in [5, 5.41) is 11.7. The highest BCUT2D eigenvalue weighted by molar-refractivity contribution is 7.17. The lowest BCUT2D eigenvalue weighted by Crippen LogP contribution is -2.29. The van der Waals surface area contributed by atoms with E-state index in [1.165, 1.54) is 12.0 Å². The average Bonchev–Trinajstić information content (AvgIpc) is 3.43. The molecule has 1 aliphatic heterocycles. The van der Waals surface area contributed by atoms with Crippen LogP contribution in [0.1, 0.15) is 63.4 Å². The van der Waals surface area contributed by atoms with E-state index in [1.54, 1.807) is 38.1 Å². The number of rotatable bonds is 8. The van der Waals surface area contributed by atoms with E-state index in [-0.39, 0.29) is 27.3 Å². The topological polar surface area (TPSA) is 106 Å². The molecule has 3 aromatic rings. The number of esters is 1. The number of Topliss-reactive ketones (excluding diaryl/α,β-unsaturated/α-hetero) is 1. The van der Waals surface area contributed by atoms with Crippen LogP contribution in [0.15, 0.2) is 60.7 Å². The standard InChI is InChI=1S/C30H30N2O6S/c1-7-14-38-21-12-13-22(17(4)15-21)25(33)23-24(20-10-8-19(9-11-20)16(2)3)32(28(35)26(23)34)30-31-18(5)27(39-30)29(36)37-6/h7-13,15-16,24,33H,1,14H2,2-6H3/b25-23+. The van der Waals surface area contributed by atoms with Crippen molar-refractivity contribution >= 4 is 39.9 Å². The van der Waals surface area contributed by atoms with Crippen molar-refractivity contribution < 1.29 is 29.0 Å². The molecule has 1 amide bonds. The quantitative estimate of drug-likeness (QED) is 0.124. The van der Waals surface area contributed by atoms with E-state index in [1.807, 2.05) is 24.3 Å².